The Kier molecular flexibility index (Phi) is 2.58. The fraction of sp³-hybridized carbons (Fsp3) is 0.0909. The molecule has 0 atom stereocenters. The lowest BCUT2D eigenvalue weighted by Gasteiger charge is -2.03. The monoisotopic (exact) mass is 204 g/mol. The van der Waals surface area contributed by atoms with Crippen LogP contribution in [0.15, 0.2) is 36.7 Å². The molecular formula is C11H9FN2O. The van der Waals surface area contributed by atoms with Gasteiger partial charge in [0.15, 0.2) is 5.82 Å². The summed E-state index contributed by atoms with van der Waals surface area (Å²) in [6.07, 6.45) is 2.69. The molecule has 0 N–H and O–H groups in total. The summed E-state index contributed by atoms with van der Waals surface area (Å²) < 4.78 is 18.3. The smallest absolute Gasteiger partial charge is 0.213 e. The van der Waals surface area contributed by atoms with Crippen molar-refractivity contribution in [1.29, 1.82) is 0 Å². The first-order valence-electron chi connectivity index (χ1n) is 4.42. The molecule has 2 aromatic rings. The molecule has 0 aliphatic rings. The lowest BCUT2D eigenvalue weighted by atomic mass is 10.2. The molecule has 0 radical (unpaired) electrons. The van der Waals surface area contributed by atoms with Gasteiger partial charge in [-0.05, 0) is 12.1 Å². The lowest BCUT2D eigenvalue weighted by Crippen LogP contribution is -1.92. The predicted molar refractivity (Wildman–Crippen MR) is 54.0 cm³/mol. The van der Waals surface area contributed by atoms with Gasteiger partial charge in [0.1, 0.15) is 0 Å². The standard InChI is InChI=1S/C11H9FN2O/c1-15-11-4-2-3-10(14-11)8-5-6-13-7-9(8)12/h2-7H,1H3. The Morgan fingerprint density at radius 1 is 1.27 bits per heavy atom. The lowest BCUT2D eigenvalue weighted by molar-refractivity contribution is 0.398. The Hall–Kier alpha value is -1.97. The minimum absolute atomic E-state index is 0.391. The van der Waals surface area contributed by atoms with Crippen LogP contribution in [0.1, 0.15) is 0 Å². The Labute approximate surface area is 86.6 Å². The average molecular weight is 204 g/mol. The van der Waals surface area contributed by atoms with Crippen molar-refractivity contribution in [3.05, 3.63) is 42.5 Å². The maximum Gasteiger partial charge on any atom is 0.213 e. The number of nitrogens with zero attached hydrogens (tertiary/aromatic N) is 2. The molecule has 0 unspecified atom stereocenters. The molecule has 0 saturated heterocycles. The second-order valence-corrected chi connectivity index (χ2v) is 2.92. The Bertz CT molecular complexity index is 474. The zero-order chi connectivity index (χ0) is 10.7. The number of hydrogen-bond acceptors (Lipinski definition) is 3. The summed E-state index contributed by atoms with van der Waals surface area (Å²) in [4.78, 5) is 7.81. The van der Waals surface area contributed by atoms with Gasteiger partial charge in [0.2, 0.25) is 5.88 Å². The van der Waals surface area contributed by atoms with Gasteiger partial charge < -0.3 is 4.74 Å². The molecule has 2 rings (SSSR count). The summed E-state index contributed by atoms with van der Waals surface area (Å²) in [7, 11) is 1.52. The normalized spacial score (nSPS) is 10.0. The van der Waals surface area contributed by atoms with Crippen molar-refractivity contribution < 1.29 is 9.13 Å². The van der Waals surface area contributed by atoms with Crippen LogP contribution < -0.4 is 4.74 Å². The topological polar surface area (TPSA) is 35.0 Å². The molecule has 0 amide bonds. The van der Waals surface area contributed by atoms with Crippen LogP contribution >= 0.6 is 0 Å². The van der Waals surface area contributed by atoms with Gasteiger partial charge in [0.05, 0.1) is 19.0 Å². The Balaban J connectivity index is 2.49. The zero-order valence-corrected chi connectivity index (χ0v) is 8.14. The minimum Gasteiger partial charge on any atom is -0.481 e. The van der Waals surface area contributed by atoms with E-state index in [1.54, 1.807) is 24.3 Å². The number of methoxy groups -OCH3 is 1. The molecular weight excluding hydrogens is 195 g/mol. The van der Waals surface area contributed by atoms with Gasteiger partial charge in [0.25, 0.3) is 0 Å². The van der Waals surface area contributed by atoms with E-state index in [0.29, 0.717) is 17.1 Å². The van der Waals surface area contributed by atoms with Gasteiger partial charge >= 0.3 is 0 Å². The number of ether oxygens (including phenoxy) is 1. The quantitative estimate of drug-likeness (QED) is 0.752. The van der Waals surface area contributed by atoms with Gasteiger partial charge in [-0.3, -0.25) is 4.98 Å². The van der Waals surface area contributed by atoms with Crippen molar-refractivity contribution >= 4 is 0 Å². The van der Waals surface area contributed by atoms with Crippen molar-refractivity contribution in [2.75, 3.05) is 7.11 Å². The second-order valence-electron chi connectivity index (χ2n) is 2.92. The molecule has 0 aromatic carbocycles. The van der Waals surface area contributed by atoms with Crippen LogP contribution in [0, 0.1) is 5.82 Å². The van der Waals surface area contributed by atoms with Crippen LogP contribution in [0.5, 0.6) is 5.88 Å². The maximum absolute atomic E-state index is 13.4. The fourth-order valence-electron chi connectivity index (χ4n) is 1.26. The molecule has 3 nitrogen and oxygen atoms in total. The molecule has 15 heavy (non-hydrogen) atoms. The van der Waals surface area contributed by atoms with E-state index in [9.17, 15) is 4.39 Å². The van der Waals surface area contributed by atoms with E-state index in [0.717, 1.165) is 6.20 Å². The molecule has 0 aliphatic heterocycles. The molecule has 0 aliphatic carbocycles. The molecule has 0 saturated carbocycles. The van der Waals surface area contributed by atoms with E-state index in [1.807, 2.05) is 0 Å². The maximum atomic E-state index is 13.4. The molecule has 2 heterocycles. The van der Waals surface area contributed by atoms with Gasteiger partial charge in [-0.1, -0.05) is 6.07 Å². The Morgan fingerprint density at radius 2 is 2.13 bits per heavy atom. The van der Waals surface area contributed by atoms with E-state index < -0.39 is 5.82 Å². The molecule has 76 valence electrons. The minimum atomic E-state index is -0.391. The third-order valence-corrected chi connectivity index (χ3v) is 1.98. The highest BCUT2D eigenvalue weighted by Crippen LogP contribution is 2.21. The van der Waals surface area contributed by atoms with Crippen molar-refractivity contribution in [1.82, 2.24) is 9.97 Å². The van der Waals surface area contributed by atoms with Crippen molar-refractivity contribution in [3.8, 4) is 17.1 Å². The number of rotatable bonds is 2. The molecule has 2 aromatic heterocycles. The molecule has 4 heteroatoms. The largest absolute Gasteiger partial charge is 0.481 e. The second kappa shape index (κ2) is 4.04. The van der Waals surface area contributed by atoms with Gasteiger partial charge in [-0.25, -0.2) is 9.37 Å². The van der Waals surface area contributed by atoms with Crippen LogP contribution in [0.2, 0.25) is 0 Å². The van der Waals surface area contributed by atoms with E-state index in [-0.39, 0.29) is 0 Å². The van der Waals surface area contributed by atoms with Crippen molar-refractivity contribution in [2.24, 2.45) is 0 Å². The summed E-state index contributed by atoms with van der Waals surface area (Å²) in [5, 5.41) is 0. The van der Waals surface area contributed by atoms with E-state index in [1.165, 1.54) is 13.3 Å². The van der Waals surface area contributed by atoms with E-state index >= 15 is 0 Å². The average Bonchev–Trinajstić information content (AvgIpc) is 2.30. The highest BCUT2D eigenvalue weighted by atomic mass is 19.1. The summed E-state index contributed by atoms with van der Waals surface area (Å²) >= 11 is 0. The van der Waals surface area contributed by atoms with Crippen molar-refractivity contribution in [3.63, 3.8) is 0 Å². The highest BCUT2D eigenvalue weighted by molar-refractivity contribution is 5.59. The number of aromatic nitrogens is 2. The first-order chi connectivity index (χ1) is 7.31. The SMILES string of the molecule is COc1cccc(-c2ccncc2F)n1. The third kappa shape index (κ3) is 1.93. The predicted octanol–water partition coefficient (Wildman–Crippen LogP) is 2.29. The van der Waals surface area contributed by atoms with Crippen LogP contribution in [-0.2, 0) is 0 Å². The van der Waals surface area contributed by atoms with Crippen LogP contribution in [0.4, 0.5) is 4.39 Å². The highest BCUT2D eigenvalue weighted by Gasteiger charge is 2.06. The summed E-state index contributed by atoms with van der Waals surface area (Å²) in [5.41, 5.74) is 0.957. The first-order valence-corrected chi connectivity index (χ1v) is 4.42. The number of pyridine rings is 2. The number of hydrogen-bond donors (Lipinski definition) is 0. The van der Waals surface area contributed by atoms with Crippen LogP contribution in [0.25, 0.3) is 11.3 Å². The van der Waals surface area contributed by atoms with E-state index in [4.69, 9.17) is 4.74 Å². The summed E-state index contributed by atoms with van der Waals surface area (Å²) in [6.45, 7) is 0. The Morgan fingerprint density at radius 3 is 2.87 bits per heavy atom. The van der Waals surface area contributed by atoms with Gasteiger partial charge in [-0.15, -0.1) is 0 Å². The fourth-order valence-corrected chi connectivity index (χ4v) is 1.26. The number of halogens is 1. The summed E-state index contributed by atoms with van der Waals surface area (Å²) in [6, 6.07) is 6.78. The van der Waals surface area contributed by atoms with E-state index in [2.05, 4.69) is 9.97 Å². The first kappa shape index (κ1) is 9.58. The summed E-state index contributed by atoms with van der Waals surface area (Å²) in [5.74, 6) is 0.0713. The third-order valence-electron chi connectivity index (χ3n) is 1.98. The van der Waals surface area contributed by atoms with Gasteiger partial charge in [-0.2, -0.15) is 0 Å². The molecule has 0 bridgehead atoms. The van der Waals surface area contributed by atoms with Crippen LogP contribution in [0.3, 0.4) is 0 Å². The van der Waals surface area contributed by atoms with Crippen LogP contribution in [-0.4, -0.2) is 17.1 Å². The van der Waals surface area contributed by atoms with Gasteiger partial charge in [0, 0.05) is 17.8 Å². The molecule has 0 fully saturated rings. The molecule has 0 spiro atoms. The van der Waals surface area contributed by atoms with Crippen molar-refractivity contribution in [2.45, 2.75) is 0 Å². The zero-order valence-electron chi connectivity index (χ0n) is 8.14.